The molecule has 28 heavy (non-hydrogen) atoms. The predicted octanol–water partition coefficient (Wildman–Crippen LogP) is 1.53. The van der Waals surface area contributed by atoms with Crippen LogP contribution in [0.2, 0.25) is 0 Å². The maximum absolute atomic E-state index is 12.5. The predicted molar refractivity (Wildman–Crippen MR) is 108 cm³/mol. The van der Waals surface area contributed by atoms with Crippen molar-refractivity contribution in [1.82, 2.24) is 24.9 Å². The van der Waals surface area contributed by atoms with Gasteiger partial charge in [-0.25, -0.2) is 9.48 Å². The summed E-state index contributed by atoms with van der Waals surface area (Å²) >= 11 is 0. The van der Waals surface area contributed by atoms with E-state index < -0.39 is 0 Å². The molecule has 0 spiro atoms. The second-order valence-electron chi connectivity index (χ2n) is 7.47. The van der Waals surface area contributed by atoms with Gasteiger partial charge in [-0.1, -0.05) is 18.2 Å². The van der Waals surface area contributed by atoms with Crippen LogP contribution in [0.1, 0.15) is 29.4 Å². The van der Waals surface area contributed by atoms with Crippen LogP contribution in [0.3, 0.4) is 0 Å². The van der Waals surface area contributed by atoms with E-state index >= 15 is 0 Å². The molecule has 2 saturated heterocycles. The number of rotatable bonds is 6. The van der Waals surface area contributed by atoms with E-state index in [4.69, 9.17) is 4.74 Å². The molecule has 0 bridgehead atoms. The fraction of sp³-hybridized carbons (Fsp3) is 0.524. The molecule has 3 heterocycles. The number of likely N-dealkylation sites (tertiary alicyclic amines) is 1. The Morgan fingerprint density at radius 3 is 2.75 bits per heavy atom. The lowest BCUT2D eigenvalue weighted by Crippen LogP contribution is -2.49. The maximum Gasteiger partial charge on any atom is 0.359 e. The Morgan fingerprint density at radius 2 is 2.00 bits per heavy atom. The Morgan fingerprint density at radius 1 is 1.21 bits per heavy atom. The molecule has 1 unspecified atom stereocenters. The van der Waals surface area contributed by atoms with E-state index in [9.17, 15) is 4.79 Å². The van der Waals surface area contributed by atoms with Crippen molar-refractivity contribution in [2.24, 2.45) is 0 Å². The summed E-state index contributed by atoms with van der Waals surface area (Å²) in [4.78, 5) is 17.5. The van der Waals surface area contributed by atoms with Gasteiger partial charge in [0, 0.05) is 63.6 Å². The average molecular weight is 383 g/mol. The molecule has 150 valence electrons. The molecule has 0 saturated carbocycles. The molecule has 4 rings (SSSR count). The average Bonchev–Trinajstić information content (AvgIpc) is 3.37. The zero-order chi connectivity index (χ0) is 19.3. The number of esters is 1. The third-order valence-electron chi connectivity index (χ3n) is 5.59. The molecule has 0 amide bonds. The molecule has 1 aromatic heterocycles. The fourth-order valence-corrected chi connectivity index (χ4v) is 4.15. The third kappa shape index (κ3) is 4.27. The number of benzene rings is 1. The number of ether oxygens (including phenoxy) is 1. The van der Waals surface area contributed by atoms with Crippen molar-refractivity contribution < 1.29 is 9.53 Å². The first-order chi connectivity index (χ1) is 13.7. The van der Waals surface area contributed by atoms with Crippen LogP contribution in [0.4, 0.5) is 0 Å². The largest absolute Gasteiger partial charge is 0.461 e. The number of hydrogen-bond acceptors (Lipinski definition) is 6. The molecule has 2 aliphatic rings. The minimum atomic E-state index is -0.343. The Kier molecular flexibility index (Phi) is 6.04. The number of hydrogen-bond donors (Lipinski definition) is 1. The van der Waals surface area contributed by atoms with E-state index in [1.54, 1.807) is 4.68 Å². The minimum absolute atomic E-state index is 0.343. The van der Waals surface area contributed by atoms with Crippen LogP contribution in [-0.4, -0.2) is 77.5 Å². The third-order valence-corrected chi connectivity index (χ3v) is 5.59. The second kappa shape index (κ2) is 8.86. The van der Waals surface area contributed by atoms with E-state index in [0.29, 0.717) is 18.3 Å². The first kappa shape index (κ1) is 19.1. The first-order valence-electron chi connectivity index (χ1n) is 10.2. The molecular formula is C21H29N5O2. The van der Waals surface area contributed by atoms with Crippen LogP contribution in [-0.2, 0) is 11.3 Å². The highest BCUT2D eigenvalue weighted by Gasteiger charge is 2.30. The maximum atomic E-state index is 12.5. The van der Waals surface area contributed by atoms with E-state index in [0.717, 1.165) is 57.1 Å². The van der Waals surface area contributed by atoms with E-state index in [-0.39, 0.29) is 5.97 Å². The summed E-state index contributed by atoms with van der Waals surface area (Å²) in [6.07, 6.45) is 3.15. The lowest BCUT2D eigenvalue weighted by molar-refractivity contribution is 0.0516. The molecular weight excluding hydrogens is 354 g/mol. The molecule has 2 fully saturated rings. The van der Waals surface area contributed by atoms with Crippen LogP contribution < -0.4 is 5.32 Å². The van der Waals surface area contributed by atoms with E-state index in [1.165, 1.54) is 6.42 Å². The highest BCUT2D eigenvalue weighted by atomic mass is 16.5. The smallest absolute Gasteiger partial charge is 0.359 e. The molecule has 1 N–H and O–H groups in total. The van der Waals surface area contributed by atoms with Crippen molar-refractivity contribution in [2.75, 3.05) is 45.9 Å². The van der Waals surface area contributed by atoms with Gasteiger partial charge in [-0.05, 0) is 25.5 Å². The summed E-state index contributed by atoms with van der Waals surface area (Å²) in [6, 6.07) is 10.5. The number of nitrogens with one attached hydrogen (secondary N) is 1. The quantitative estimate of drug-likeness (QED) is 0.764. The van der Waals surface area contributed by atoms with Crippen molar-refractivity contribution >= 4 is 5.97 Å². The van der Waals surface area contributed by atoms with Gasteiger partial charge in [0.2, 0.25) is 0 Å². The van der Waals surface area contributed by atoms with Crippen LogP contribution >= 0.6 is 0 Å². The standard InChI is InChI=1S/C21H29N5O2/c1-2-28-21(27)20-17(15-26(23-20)18-6-4-3-5-7-18)14-24-11-8-19(16-24)25-12-9-22-10-13-25/h3-7,15,19,22H,2,8-14,16H2,1H3. The van der Waals surface area contributed by atoms with Gasteiger partial charge in [0.05, 0.1) is 12.3 Å². The second-order valence-corrected chi connectivity index (χ2v) is 7.47. The molecule has 0 aliphatic carbocycles. The Balaban J connectivity index is 1.50. The lowest BCUT2D eigenvalue weighted by atomic mass is 10.2. The number of piperazine rings is 1. The van der Waals surface area contributed by atoms with Crippen molar-refractivity contribution in [3.05, 3.63) is 47.8 Å². The summed E-state index contributed by atoms with van der Waals surface area (Å²) in [5.41, 5.74) is 2.30. The lowest BCUT2D eigenvalue weighted by Gasteiger charge is -2.32. The fourth-order valence-electron chi connectivity index (χ4n) is 4.15. The Labute approximate surface area is 166 Å². The first-order valence-corrected chi connectivity index (χ1v) is 10.2. The summed E-state index contributed by atoms with van der Waals surface area (Å²) in [5.74, 6) is -0.343. The van der Waals surface area contributed by atoms with Gasteiger partial charge in [0.1, 0.15) is 0 Å². The van der Waals surface area contributed by atoms with E-state index in [1.807, 2.05) is 43.5 Å². The molecule has 7 heteroatoms. The molecule has 2 aliphatic heterocycles. The zero-order valence-electron chi connectivity index (χ0n) is 16.5. The van der Waals surface area contributed by atoms with E-state index in [2.05, 4.69) is 20.2 Å². The van der Waals surface area contributed by atoms with Crippen molar-refractivity contribution in [3.8, 4) is 5.69 Å². The van der Waals surface area contributed by atoms with Gasteiger partial charge in [-0.2, -0.15) is 5.10 Å². The molecule has 1 aromatic carbocycles. The topological polar surface area (TPSA) is 62.6 Å². The summed E-state index contributed by atoms with van der Waals surface area (Å²) in [5, 5.41) is 7.97. The Hall–Kier alpha value is -2.22. The highest BCUT2D eigenvalue weighted by molar-refractivity contribution is 5.88. The van der Waals surface area contributed by atoms with Gasteiger partial charge in [-0.15, -0.1) is 0 Å². The normalized spacial score (nSPS) is 21.1. The molecule has 7 nitrogen and oxygen atoms in total. The number of aromatic nitrogens is 2. The van der Waals surface area contributed by atoms with Gasteiger partial charge >= 0.3 is 5.97 Å². The van der Waals surface area contributed by atoms with Crippen LogP contribution in [0.25, 0.3) is 5.69 Å². The Bertz CT molecular complexity index is 785. The molecule has 0 radical (unpaired) electrons. The van der Waals surface area contributed by atoms with Gasteiger partial charge in [0.25, 0.3) is 0 Å². The van der Waals surface area contributed by atoms with Crippen molar-refractivity contribution in [3.63, 3.8) is 0 Å². The number of carbonyl (C=O) groups excluding carboxylic acids is 1. The monoisotopic (exact) mass is 383 g/mol. The molecule has 2 aromatic rings. The zero-order valence-corrected chi connectivity index (χ0v) is 16.5. The van der Waals surface area contributed by atoms with Gasteiger partial charge in [-0.3, -0.25) is 9.80 Å². The number of carbonyl (C=O) groups is 1. The summed E-state index contributed by atoms with van der Waals surface area (Å²) in [6.45, 7) is 9.39. The highest BCUT2D eigenvalue weighted by Crippen LogP contribution is 2.21. The number of nitrogens with zero attached hydrogens (tertiary/aromatic N) is 4. The number of para-hydroxylation sites is 1. The van der Waals surface area contributed by atoms with Crippen LogP contribution in [0.15, 0.2) is 36.5 Å². The minimum Gasteiger partial charge on any atom is -0.461 e. The van der Waals surface area contributed by atoms with Crippen molar-refractivity contribution in [2.45, 2.75) is 25.9 Å². The van der Waals surface area contributed by atoms with Gasteiger partial charge in [0.15, 0.2) is 5.69 Å². The molecule has 1 atom stereocenters. The van der Waals surface area contributed by atoms with Crippen LogP contribution in [0.5, 0.6) is 0 Å². The SMILES string of the molecule is CCOC(=O)c1nn(-c2ccccc2)cc1CN1CCC(N2CCNCC2)C1. The summed E-state index contributed by atoms with van der Waals surface area (Å²) < 4.78 is 7.03. The van der Waals surface area contributed by atoms with Crippen molar-refractivity contribution in [1.29, 1.82) is 0 Å². The van der Waals surface area contributed by atoms with Crippen LogP contribution in [0, 0.1) is 0 Å². The summed E-state index contributed by atoms with van der Waals surface area (Å²) in [7, 11) is 0. The van der Waals surface area contributed by atoms with Gasteiger partial charge < -0.3 is 10.1 Å².